The molecule has 2 aliphatic carbocycles. The number of hydrogen-bond acceptors (Lipinski definition) is 2. The van der Waals surface area contributed by atoms with Crippen LogP contribution in [0.4, 0.5) is 0 Å². The van der Waals surface area contributed by atoms with Crippen LogP contribution in [0.5, 0.6) is 0 Å². The van der Waals surface area contributed by atoms with Crippen molar-refractivity contribution in [3.63, 3.8) is 0 Å². The minimum atomic E-state index is 0.457. The Morgan fingerprint density at radius 2 is 1.62 bits per heavy atom. The van der Waals surface area contributed by atoms with Crippen molar-refractivity contribution in [2.45, 2.75) is 63.8 Å². The Kier molecular flexibility index (Phi) is 2.97. The van der Waals surface area contributed by atoms with Gasteiger partial charge in [0.2, 0.25) is 0 Å². The third-order valence-corrected chi connectivity index (χ3v) is 5.13. The number of methoxy groups -OCH3 is 1. The van der Waals surface area contributed by atoms with Crippen molar-refractivity contribution in [3.8, 4) is 0 Å². The Bertz CT molecular complexity index is 253. The molecule has 3 fully saturated rings. The van der Waals surface area contributed by atoms with Gasteiger partial charge in [0.15, 0.2) is 0 Å². The highest BCUT2D eigenvalue weighted by atomic mass is 16.5. The highest BCUT2D eigenvalue weighted by Crippen LogP contribution is 2.48. The van der Waals surface area contributed by atoms with Crippen molar-refractivity contribution in [3.05, 3.63) is 0 Å². The molecule has 0 amide bonds. The Morgan fingerprint density at radius 1 is 0.938 bits per heavy atom. The molecule has 3 rings (SSSR count). The van der Waals surface area contributed by atoms with Gasteiger partial charge >= 0.3 is 0 Å². The first-order valence-corrected chi connectivity index (χ1v) is 6.96. The summed E-state index contributed by atoms with van der Waals surface area (Å²) in [5, 5.41) is 0. The lowest BCUT2D eigenvalue weighted by molar-refractivity contribution is -0.0398. The lowest BCUT2D eigenvalue weighted by atomic mass is 9.71. The molecule has 92 valence electrons. The normalized spacial score (nSPS) is 52.1. The van der Waals surface area contributed by atoms with E-state index in [1.807, 2.05) is 7.11 Å². The molecule has 0 aromatic rings. The molecule has 1 saturated heterocycles. The third kappa shape index (κ3) is 1.80. The Hall–Kier alpha value is -0.0800. The van der Waals surface area contributed by atoms with Crippen LogP contribution >= 0.6 is 0 Å². The molecule has 6 unspecified atom stereocenters. The minimum absolute atomic E-state index is 0.457. The second kappa shape index (κ2) is 4.30. The first-order valence-electron chi connectivity index (χ1n) is 6.96. The van der Waals surface area contributed by atoms with Gasteiger partial charge in [0.25, 0.3) is 0 Å². The average molecular weight is 224 g/mol. The van der Waals surface area contributed by atoms with Gasteiger partial charge in [-0.05, 0) is 43.4 Å². The van der Waals surface area contributed by atoms with Crippen molar-refractivity contribution in [2.24, 2.45) is 17.8 Å². The van der Waals surface area contributed by atoms with Crippen molar-refractivity contribution in [2.75, 3.05) is 7.11 Å². The van der Waals surface area contributed by atoms with Gasteiger partial charge in [-0.2, -0.15) is 0 Å². The maximum absolute atomic E-state index is 6.29. The number of hydrogen-bond donors (Lipinski definition) is 0. The van der Waals surface area contributed by atoms with Gasteiger partial charge in [-0.3, -0.25) is 0 Å². The van der Waals surface area contributed by atoms with Gasteiger partial charge < -0.3 is 9.47 Å². The van der Waals surface area contributed by atoms with Crippen molar-refractivity contribution < 1.29 is 9.47 Å². The van der Waals surface area contributed by atoms with Crippen LogP contribution in [0.3, 0.4) is 0 Å². The van der Waals surface area contributed by atoms with E-state index in [4.69, 9.17) is 9.47 Å². The molecule has 6 atom stereocenters. The van der Waals surface area contributed by atoms with Gasteiger partial charge in [-0.15, -0.1) is 0 Å². The molecule has 3 aliphatic rings. The van der Waals surface area contributed by atoms with E-state index in [-0.39, 0.29) is 0 Å². The van der Waals surface area contributed by atoms with Gasteiger partial charge in [0.1, 0.15) is 0 Å². The second-order valence-corrected chi connectivity index (χ2v) is 6.13. The van der Waals surface area contributed by atoms with Crippen LogP contribution in [0.1, 0.15) is 45.4 Å². The molecular formula is C14H24O2. The van der Waals surface area contributed by atoms with E-state index in [0.29, 0.717) is 18.3 Å². The Balaban J connectivity index is 1.68. The van der Waals surface area contributed by atoms with Crippen molar-refractivity contribution in [1.29, 1.82) is 0 Å². The molecule has 2 heteroatoms. The Labute approximate surface area is 98.7 Å². The van der Waals surface area contributed by atoms with E-state index in [9.17, 15) is 0 Å². The van der Waals surface area contributed by atoms with Crippen LogP contribution in [0, 0.1) is 17.8 Å². The summed E-state index contributed by atoms with van der Waals surface area (Å²) in [6, 6.07) is 0. The minimum Gasteiger partial charge on any atom is -0.381 e. The summed E-state index contributed by atoms with van der Waals surface area (Å²) in [4.78, 5) is 0. The summed E-state index contributed by atoms with van der Waals surface area (Å²) in [7, 11) is 1.84. The fourth-order valence-electron chi connectivity index (χ4n) is 4.20. The summed E-state index contributed by atoms with van der Waals surface area (Å²) in [6.07, 6.45) is 9.40. The van der Waals surface area contributed by atoms with Crippen LogP contribution in [0.2, 0.25) is 0 Å². The molecule has 0 radical (unpaired) electrons. The first-order chi connectivity index (χ1) is 7.78. The summed E-state index contributed by atoms with van der Waals surface area (Å²) >= 11 is 0. The molecule has 2 saturated carbocycles. The highest BCUT2D eigenvalue weighted by Gasteiger charge is 2.48. The number of rotatable bonds is 1. The predicted octanol–water partition coefficient (Wildman–Crippen LogP) is 3.01. The SMILES string of the molecule is COC1CCC2C(C1)OC1CC(C)CCC12. The van der Waals surface area contributed by atoms with E-state index in [2.05, 4.69) is 6.92 Å². The van der Waals surface area contributed by atoms with Gasteiger partial charge in [0, 0.05) is 13.5 Å². The average Bonchev–Trinajstić information content (AvgIpc) is 2.64. The van der Waals surface area contributed by atoms with Gasteiger partial charge in [-0.25, -0.2) is 0 Å². The van der Waals surface area contributed by atoms with E-state index < -0.39 is 0 Å². The molecule has 2 nitrogen and oxygen atoms in total. The summed E-state index contributed by atoms with van der Waals surface area (Å²) in [5.74, 6) is 2.60. The molecule has 1 aliphatic heterocycles. The van der Waals surface area contributed by atoms with E-state index >= 15 is 0 Å². The topological polar surface area (TPSA) is 18.5 Å². The van der Waals surface area contributed by atoms with Crippen LogP contribution in [0.25, 0.3) is 0 Å². The summed E-state index contributed by atoms with van der Waals surface area (Å²) in [6.45, 7) is 2.37. The predicted molar refractivity (Wildman–Crippen MR) is 63.3 cm³/mol. The molecule has 0 N–H and O–H groups in total. The molecule has 1 heterocycles. The lowest BCUT2D eigenvalue weighted by Crippen LogP contribution is -2.33. The van der Waals surface area contributed by atoms with Crippen LogP contribution in [-0.4, -0.2) is 25.4 Å². The standard InChI is InChI=1S/C14H24O2/c1-9-3-5-11-12-6-4-10(15-2)8-14(12)16-13(11)7-9/h9-14H,3-8H2,1-2H3. The van der Waals surface area contributed by atoms with Gasteiger partial charge in [-0.1, -0.05) is 13.3 Å². The van der Waals surface area contributed by atoms with E-state index in [1.54, 1.807) is 0 Å². The third-order valence-electron chi connectivity index (χ3n) is 5.13. The first kappa shape index (κ1) is 11.0. The van der Waals surface area contributed by atoms with E-state index in [0.717, 1.165) is 24.2 Å². The molecule has 0 bridgehead atoms. The van der Waals surface area contributed by atoms with Crippen LogP contribution in [0.15, 0.2) is 0 Å². The molecule has 0 aromatic carbocycles. The zero-order valence-corrected chi connectivity index (χ0v) is 10.5. The number of ether oxygens (including phenoxy) is 2. The second-order valence-electron chi connectivity index (χ2n) is 6.13. The highest BCUT2D eigenvalue weighted by molar-refractivity contribution is 4.97. The molecule has 0 spiro atoms. The molecular weight excluding hydrogens is 200 g/mol. The van der Waals surface area contributed by atoms with Crippen LogP contribution in [-0.2, 0) is 9.47 Å². The summed E-state index contributed by atoms with van der Waals surface area (Å²) < 4.78 is 11.8. The lowest BCUT2D eigenvalue weighted by Gasteiger charge is -2.34. The quantitative estimate of drug-likeness (QED) is 0.681. The molecule has 16 heavy (non-hydrogen) atoms. The maximum Gasteiger partial charge on any atom is 0.0635 e. The monoisotopic (exact) mass is 224 g/mol. The number of fused-ring (bicyclic) bond motifs is 3. The van der Waals surface area contributed by atoms with Gasteiger partial charge in [0.05, 0.1) is 18.3 Å². The largest absolute Gasteiger partial charge is 0.381 e. The molecule has 0 aromatic heterocycles. The van der Waals surface area contributed by atoms with Crippen LogP contribution < -0.4 is 0 Å². The fraction of sp³-hybridized carbons (Fsp3) is 1.00. The maximum atomic E-state index is 6.29. The fourth-order valence-corrected chi connectivity index (χ4v) is 4.20. The Morgan fingerprint density at radius 3 is 2.38 bits per heavy atom. The van der Waals surface area contributed by atoms with Crippen molar-refractivity contribution in [1.82, 2.24) is 0 Å². The smallest absolute Gasteiger partial charge is 0.0635 e. The zero-order chi connectivity index (χ0) is 11.1. The zero-order valence-electron chi connectivity index (χ0n) is 10.5. The van der Waals surface area contributed by atoms with Crippen molar-refractivity contribution >= 4 is 0 Å². The summed E-state index contributed by atoms with van der Waals surface area (Å²) in [5.41, 5.74) is 0. The van der Waals surface area contributed by atoms with E-state index in [1.165, 1.54) is 32.1 Å².